The first kappa shape index (κ1) is 33.8. The average Bonchev–Trinajstić information content (AvgIpc) is 2.86. The third-order valence-corrected chi connectivity index (χ3v) is 6.95. The number of allylic oxidation sites excluding steroid dienone is 1. The number of halogens is 1. The molecule has 0 spiro atoms. The molecule has 0 saturated heterocycles. The summed E-state index contributed by atoms with van der Waals surface area (Å²) >= 11 is 5.85. The van der Waals surface area contributed by atoms with Gasteiger partial charge in [0.2, 0.25) is 0 Å². The fourth-order valence-corrected chi connectivity index (χ4v) is 5.26. The Morgan fingerprint density at radius 2 is 1.28 bits per heavy atom. The molecule has 0 aromatic heterocycles. The second-order valence-electron chi connectivity index (χ2n) is 9.01. The van der Waals surface area contributed by atoms with Crippen molar-refractivity contribution in [3.05, 3.63) is 59.6 Å². The van der Waals surface area contributed by atoms with E-state index in [4.69, 9.17) is 38.4 Å². The first-order valence-corrected chi connectivity index (χ1v) is 17.9. The number of benzene rings is 3. The van der Waals surface area contributed by atoms with Gasteiger partial charge in [-0.1, -0.05) is 29.8 Å². The van der Waals surface area contributed by atoms with Crippen molar-refractivity contribution in [1.29, 1.82) is 0 Å². The molecule has 0 aliphatic heterocycles. The van der Waals surface area contributed by atoms with E-state index in [1.807, 2.05) is 0 Å². The lowest BCUT2D eigenvalue weighted by atomic mass is 9.96. The fourth-order valence-electron chi connectivity index (χ4n) is 3.82. The standard InChI is InChI=1S/C27H29ClO12S3/c1-17(28)13-14-37-22-12-9-19(15-23(22)39-42(5,31)32)25-24(35-2)16-21(26(36-3)27(25)40-43(6,33)34)18-7-10-20(11-8-18)38-41(4,29)30/h7-13,15-16H,14H2,1-6H3. The largest absolute Gasteiger partial charge is 0.496 e. The van der Waals surface area contributed by atoms with Gasteiger partial charge in [-0.3, -0.25) is 0 Å². The molecule has 12 nitrogen and oxygen atoms in total. The van der Waals surface area contributed by atoms with Crippen LogP contribution < -0.4 is 26.8 Å². The van der Waals surface area contributed by atoms with Crippen LogP contribution >= 0.6 is 11.6 Å². The minimum atomic E-state index is -4.15. The van der Waals surface area contributed by atoms with E-state index in [9.17, 15) is 25.3 Å². The van der Waals surface area contributed by atoms with E-state index in [0.29, 0.717) is 16.2 Å². The van der Waals surface area contributed by atoms with Gasteiger partial charge < -0.3 is 26.8 Å². The Balaban J connectivity index is 2.30. The smallest absolute Gasteiger partial charge is 0.306 e. The minimum Gasteiger partial charge on any atom is -0.496 e. The lowest BCUT2D eigenvalue weighted by molar-refractivity contribution is 0.347. The molecule has 0 fully saturated rings. The molecule has 0 aliphatic rings. The van der Waals surface area contributed by atoms with Crippen molar-refractivity contribution in [2.75, 3.05) is 39.6 Å². The molecule has 16 heteroatoms. The van der Waals surface area contributed by atoms with E-state index in [1.165, 1.54) is 56.7 Å². The molecule has 0 amide bonds. The molecule has 0 heterocycles. The van der Waals surface area contributed by atoms with Gasteiger partial charge in [0, 0.05) is 10.6 Å². The minimum absolute atomic E-state index is 0.0110. The second kappa shape index (κ2) is 13.3. The predicted octanol–water partition coefficient (Wildman–Crippen LogP) is 4.57. The molecule has 3 aromatic carbocycles. The Morgan fingerprint density at radius 3 is 1.79 bits per heavy atom. The maximum atomic E-state index is 12.4. The highest BCUT2D eigenvalue weighted by Gasteiger charge is 2.27. The van der Waals surface area contributed by atoms with Crippen LogP contribution in [-0.4, -0.2) is 64.8 Å². The molecule has 3 rings (SSSR count). The first-order chi connectivity index (χ1) is 19.9. The lowest BCUT2D eigenvalue weighted by Crippen LogP contribution is -2.10. The summed E-state index contributed by atoms with van der Waals surface area (Å²) < 4.78 is 104. The average molecular weight is 677 g/mol. The van der Waals surface area contributed by atoms with Gasteiger partial charge in [-0.05, 0) is 54.5 Å². The van der Waals surface area contributed by atoms with Crippen molar-refractivity contribution >= 4 is 42.0 Å². The van der Waals surface area contributed by atoms with Gasteiger partial charge in [0.05, 0.1) is 38.6 Å². The van der Waals surface area contributed by atoms with Crippen LogP contribution in [0.5, 0.6) is 34.5 Å². The number of methoxy groups -OCH3 is 2. The van der Waals surface area contributed by atoms with Gasteiger partial charge in [0.1, 0.15) is 18.1 Å². The Kier molecular flexibility index (Phi) is 10.5. The molecule has 0 radical (unpaired) electrons. The predicted molar refractivity (Wildman–Crippen MR) is 162 cm³/mol. The van der Waals surface area contributed by atoms with E-state index in [1.54, 1.807) is 19.1 Å². The fraction of sp³-hybridized carbons (Fsp3) is 0.259. The van der Waals surface area contributed by atoms with Gasteiger partial charge in [0.25, 0.3) is 0 Å². The molecule has 0 unspecified atom stereocenters. The Hall–Kier alpha value is -3.66. The van der Waals surface area contributed by atoms with Crippen LogP contribution in [-0.2, 0) is 30.4 Å². The number of ether oxygens (including phenoxy) is 3. The highest BCUT2D eigenvalue weighted by Crippen LogP contribution is 2.51. The molecule has 0 atom stereocenters. The Bertz CT molecular complexity index is 1850. The summed E-state index contributed by atoms with van der Waals surface area (Å²) in [5.41, 5.74) is 1.11. The third-order valence-electron chi connectivity index (χ3n) is 5.35. The van der Waals surface area contributed by atoms with Crippen LogP contribution in [0.15, 0.2) is 59.6 Å². The summed E-state index contributed by atoms with van der Waals surface area (Å²) in [6, 6.07) is 11.7. The first-order valence-electron chi connectivity index (χ1n) is 12.1. The van der Waals surface area contributed by atoms with Gasteiger partial charge in [0.15, 0.2) is 23.0 Å². The van der Waals surface area contributed by atoms with Crippen molar-refractivity contribution in [2.24, 2.45) is 0 Å². The molecule has 43 heavy (non-hydrogen) atoms. The zero-order valence-corrected chi connectivity index (χ0v) is 27.1. The maximum absolute atomic E-state index is 12.4. The van der Waals surface area contributed by atoms with Crippen molar-refractivity contribution < 1.29 is 52.0 Å². The third kappa shape index (κ3) is 9.68. The quantitative estimate of drug-likeness (QED) is 0.233. The van der Waals surface area contributed by atoms with Crippen LogP contribution in [0.2, 0.25) is 0 Å². The summed E-state index contributed by atoms with van der Waals surface area (Å²) in [6.45, 7) is 1.66. The molecule has 0 N–H and O–H groups in total. The van der Waals surface area contributed by atoms with E-state index in [2.05, 4.69) is 0 Å². The highest BCUT2D eigenvalue weighted by molar-refractivity contribution is 7.86. The molecule has 0 bridgehead atoms. The van der Waals surface area contributed by atoms with Crippen LogP contribution in [0, 0.1) is 0 Å². The molecule has 0 aliphatic carbocycles. The van der Waals surface area contributed by atoms with Crippen LogP contribution in [0.4, 0.5) is 0 Å². The van der Waals surface area contributed by atoms with Gasteiger partial charge in [-0.2, -0.15) is 25.3 Å². The highest BCUT2D eigenvalue weighted by atomic mass is 35.5. The number of rotatable bonds is 13. The summed E-state index contributed by atoms with van der Waals surface area (Å²) in [5.74, 6) is -0.253. The summed E-state index contributed by atoms with van der Waals surface area (Å²) in [6.07, 6.45) is 4.17. The monoisotopic (exact) mass is 676 g/mol. The maximum Gasteiger partial charge on any atom is 0.306 e. The number of hydrogen-bond donors (Lipinski definition) is 0. The van der Waals surface area contributed by atoms with Crippen molar-refractivity contribution in [3.63, 3.8) is 0 Å². The summed E-state index contributed by atoms with van der Waals surface area (Å²) in [5, 5.41) is 0.458. The molecule has 234 valence electrons. The Morgan fingerprint density at radius 1 is 0.698 bits per heavy atom. The Labute approximate surface area is 256 Å². The van der Waals surface area contributed by atoms with E-state index in [-0.39, 0.29) is 52.2 Å². The molecular formula is C27H29ClO12S3. The zero-order chi connectivity index (χ0) is 32.2. The van der Waals surface area contributed by atoms with Gasteiger partial charge in [-0.15, -0.1) is 0 Å². The summed E-state index contributed by atoms with van der Waals surface area (Å²) in [4.78, 5) is 0. The normalized spacial score (nSPS) is 12.4. The zero-order valence-electron chi connectivity index (χ0n) is 23.9. The van der Waals surface area contributed by atoms with Crippen molar-refractivity contribution in [2.45, 2.75) is 6.92 Å². The van der Waals surface area contributed by atoms with Crippen molar-refractivity contribution in [1.82, 2.24) is 0 Å². The molecule has 0 saturated carbocycles. The topological polar surface area (TPSA) is 158 Å². The summed E-state index contributed by atoms with van der Waals surface area (Å²) in [7, 11) is -9.29. The van der Waals surface area contributed by atoms with Crippen molar-refractivity contribution in [3.8, 4) is 56.8 Å². The van der Waals surface area contributed by atoms with E-state index < -0.39 is 30.4 Å². The lowest BCUT2D eigenvalue weighted by Gasteiger charge is -2.21. The second-order valence-corrected chi connectivity index (χ2v) is 14.3. The number of hydrogen-bond acceptors (Lipinski definition) is 12. The van der Waals surface area contributed by atoms with Crippen LogP contribution in [0.3, 0.4) is 0 Å². The van der Waals surface area contributed by atoms with E-state index in [0.717, 1.165) is 18.8 Å². The SMILES string of the molecule is COc1cc(-c2ccc(OS(C)(=O)=O)cc2)c(OC)c(OS(C)(=O)=O)c1-c1ccc(OCC=C(C)Cl)c(OS(C)(=O)=O)c1. The molecule has 3 aromatic rings. The van der Waals surface area contributed by atoms with Crippen LogP contribution in [0.25, 0.3) is 22.3 Å². The van der Waals surface area contributed by atoms with Gasteiger partial charge >= 0.3 is 30.4 Å². The molecular weight excluding hydrogens is 648 g/mol. The van der Waals surface area contributed by atoms with E-state index >= 15 is 0 Å². The van der Waals surface area contributed by atoms with Gasteiger partial charge in [-0.25, -0.2) is 0 Å². The van der Waals surface area contributed by atoms with Crippen LogP contribution in [0.1, 0.15) is 6.92 Å².